The van der Waals surface area contributed by atoms with Crippen LogP contribution in [0, 0.1) is 5.41 Å². The molecule has 3 rings (SSSR count). The molecule has 0 saturated carbocycles. The smallest absolute Gasteiger partial charge is 0.386 e. The number of nitrogens with one attached hydrogen (secondary N) is 2. The number of phosphoric ester groups is 3. The Hall–Kier alpha value is -2.24. The number of aliphatic hydroxyl groups is 2. The van der Waals surface area contributed by atoms with Crippen molar-refractivity contribution in [2.75, 3.05) is 37.8 Å². The lowest BCUT2D eigenvalue weighted by Crippen LogP contribution is -2.46. The van der Waals surface area contributed by atoms with E-state index in [1.54, 1.807) is 0 Å². The van der Waals surface area contributed by atoms with Gasteiger partial charge in [-0.15, -0.1) is 0 Å². The second kappa shape index (κ2) is 19.1. The Morgan fingerprint density at radius 1 is 1.08 bits per heavy atom. The third-order valence-electron chi connectivity index (χ3n) is 6.51. The minimum Gasteiger partial charge on any atom is -0.386 e. The molecule has 0 aliphatic carbocycles. The van der Waals surface area contributed by atoms with Crippen LogP contribution < -0.4 is 16.4 Å². The van der Waals surface area contributed by atoms with E-state index < -0.39 is 89.0 Å². The molecule has 1 fully saturated rings. The lowest BCUT2D eigenvalue weighted by molar-refractivity contribution is -0.137. The van der Waals surface area contributed by atoms with Crippen molar-refractivity contribution in [1.29, 1.82) is 0 Å². The van der Waals surface area contributed by atoms with Gasteiger partial charge in [0, 0.05) is 30.7 Å². The van der Waals surface area contributed by atoms with Gasteiger partial charge in [-0.3, -0.25) is 36.8 Å². The van der Waals surface area contributed by atoms with E-state index in [4.69, 9.17) is 37.0 Å². The first kappa shape index (κ1) is 46.9. The van der Waals surface area contributed by atoms with Crippen molar-refractivity contribution in [2.24, 2.45) is 5.41 Å². The highest BCUT2D eigenvalue weighted by molar-refractivity contribution is 7.80. The van der Waals surface area contributed by atoms with Crippen LogP contribution in [-0.2, 0) is 56.3 Å². The van der Waals surface area contributed by atoms with Gasteiger partial charge in [-0.05, 0) is 0 Å². The fraction of sp³-hybridized carbons (Fsp3) is 0.667. The number of hydrogen-bond donors (Lipinski definition) is 12. The SMILES string of the molecule is CC(C)(COP(=O)(O)OP(=O)(O)OC[C@H]1O[C@@H](n2cnc3c(N)ncnc32)[C@H](O)[C@@H]1OP(=O)(O)O)[C@@H](O)C(=O)NCCC(=O)NCCS.O=S(=O)(O)O. The molecule has 2 unspecified atom stereocenters. The Labute approximate surface area is 305 Å². The number of nitrogens with two attached hydrogens (primary N) is 1. The number of imidazole rings is 1. The Bertz CT molecular complexity index is 1820. The van der Waals surface area contributed by atoms with E-state index in [0.29, 0.717) is 12.3 Å². The van der Waals surface area contributed by atoms with Crippen molar-refractivity contribution in [3.8, 4) is 0 Å². The van der Waals surface area contributed by atoms with Crippen LogP contribution >= 0.6 is 36.1 Å². The number of nitrogens with zero attached hydrogens (tertiary/aromatic N) is 4. The number of carbonyl (C=O) groups is 2. The topological polar surface area (TPSA) is 421 Å². The van der Waals surface area contributed by atoms with E-state index in [2.05, 4.69) is 47.0 Å². The quantitative estimate of drug-likeness (QED) is 0.0425. The zero-order chi connectivity index (χ0) is 40.6. The molecule has 0 aromatic carbocycles. The number of nitrogen functional groups attached to an aromatic ring is 1. The molecular formula is C21H38N7O20P3S2. The van der Waals surface area contributed by atoms with Gasteiger partial charge in [-0.2, -0.15) is 25.4 Å². The normalized spacial score (nSPS) is 22.2. The van der Waals surface area contributed by atoms with Crippen molar-refractivity contribution < 1.29 is 93.2 Å². The van der Waals surface area contributed by atoms with E-state index in [1.807, 2.05) is 0 Å². The number of fused-ring (bicyclic) bond motifs is 1. The summed E-state index contributed by atoms with van der Waals surface area (Å²) in [5.74, 6) is -0.943. The van der Waals surface area contributed by atoms with Crippen LogP contribution in [0.2, 0.25) is 0 Å². The zero-order valence-corrected chi connectivity index (χ0v) is 31.7. The van der Waals surface area contributed by atoms with Crippen LogP contribution in [0.15, 0.2) is 12.7 Å². The molecule has 7 atom stereocenters. The van der Waals surface area contributed by atoms with E-state index in [9.17, 15) is 53.1 Å². The number of thiol groups is 1. The van der Waals surface area contributed by atoms with Gasteiger partial charge >= 0.3 is 33.9 Å². The fourth-order valence-corrected chi connectivity index (χ4v) is 7.08. The van der Waals surface area contributed by atoms with Gasteiger partial charge in [0.25, 0.3) is 0 Å². The number of anilines is 1. The van der Waals surface area contributed by atoms with Crippen LogP contribution in [-0.4, -0.2) is 135 Å². The molecule has 2 aromatic heterocycles. The van der Waals surface area contributed by atoms with Gasteiger partial charge in [0.1, 0.15) is 36.3 Å². The number of rotatable bonds is 18. The zero-order valence-electron chi connectivity index (χ0n) is 27.3. The largest absolute Gasteiger partial charge is 0.481 e. The van der Waals surface area contributed by atoms with Gasteiger partial charge < -0.3 is 50.9 Å². The van der Waals surface area contributed by atoms with Crippen molar-refractivity contribution >= 4 is 75.3 Å². The number of amides is 2. The van der Waals surface area contributed by atoms with Gasteiger partial charge in [-0.1, -0.05) is 13.8 Å². The Morgan fingerprint density at radius 3 is 2.26 bits per heavy atom. The third kappa shape index (κ3) is 15.8. The molecule has 12 N–H and O–H groups in total. The third-order valence-corrected chi connectivity index (χ3v) is 9.83. The molecule has 32 heteroatoms. The van der Waals surface area contributed by atoms with Gasteiger partial charge in [0.05, 0.1) is 19.5 Å². The summed E-state index contributed by atoms with van der Waals surface area (Å²) in [6, 6.07) is 0. The molecular weight excluding hydrogens is 827 g/mol. The maximum atomic E-state index is 12.6. The Balaban J connectivity index is 0.00000181. The summed E-state index contributed by atoms with van der Waals surface area (Å²) in [5.41, 5.74) is 4.30. The molecule has 0 radical (unpaired) electrons. The van der Waals surface area contributed by atoms with Gasteiger partial charge in [-0.25, -0.2) is 28.6 Å². The average molecular weight is 866 g/mol. The fourth-order valence-electron chi connectivity index (χ4n) is 4.14. The summed E-state index contributed by atoms with van der Waals surface area (Å²) in [4.78, 5) is 74.6. The van der Waals surface area contributed by atoms with E-state index in [0.717, 1.165) is 17.2 Å². The average Bonchev–Trinajstić information content (AvgIpc) is 3.57. The highest BCUT2D eigenvalue weighted by Gasteiger charge is 2.50. The Morgan fingerprint density at radius 2 is 1.68 bits per heavy atom. The molecule has 1 aliphatic rings. The number of aromatic nitrogens is 4. The minimum absolute atomic E-state index is 0.0363. The maximum absolute atomic E-state index is 12.6. The van der Waals surface area contributed by atoms with Crippen molar-refractivity contribution in [3.63, 3.8) is 0 Å². The predicted octanol–water partition coefficient (Wildman–Crippen LogP) is -2.32. The van der Waals surface area contributed by atoms with Gasteiger partial charge in [0.15, 0.2) is 17.7 Å². The Kier molecular flexibility index (Phi) is 16.9. The van der Waals surface area contributed by atoms with E-state index in [-0.39, 0.29) is 35.9 Å². The maximum Gasteiger partial charge on any atom is 0.481 e. The number of ether oxygens (including phenoxy) is 1. The first-order valence-corrected chi connectivity index (χ1v) is 20.9. The summed E-state index contributed by atoms with van der Waals surface area (Å²) in [6.07, 6.45) is -6.74. The molecule has 2 aromatic rings. The monoisotopic (exact) mass is 865 g/mol. The van der Waals surface area contributed by atoms with Crippen LogP contribution in [0.3, 0.4) is 0 Å². The molecule has 0 spiro atoms. The first-order chi connectivity index (χ1) is 24.2. The van der Waals surface area contributed by atoms with E-state index >= 15 is 0 Å². The minimum atomic E-state index is -5.54. The summed E-state index contributed by atoms with van der Waals surface area (Å²) >= 11 is 3.95. The number of hydrogen-bond acceptors (Lipinski definition) is 19. The van der Waals surface area contributed by atoms with Crippen LogP contribution in [0.4, 0.5) is 5.82 Å². The molecule has 304 valence electrons. The first-order valence-electron chi connectivity index (χ1n) is 14.4. The summed E-state index contributed by atoms with van der Waals surface area (Å²) in [5, 5.41) is 26.1. The van der Waals surface area contributed by atoms with Crippen molar-refractivity contribution in [2.45, 2.75) is 50.9 Å². The van der Waals surface area contributed by atoms with Crippen molar-refractivity contribution in [1.82, 2.24) is 30.2 Å². The standard InChI is InChI=1S/C21H36N7O16P3S.H2O4S/c1-21(2,16(31)19(32)24-4-3-12(29)23-5-6-48)8-41-47(38,39)44-46(36,37)40-7-11-15(43-45(33,34)35)14(30)20(42-11)28-10-27-13-17(22)25-9-26-18(13)28;1-5(2,3)4/h9-11,14-16,20,30-31,48H,3-8H2,1-2H3,(H,23,29)(H,24,32)(H,36,37)(H,38,39)(H2,22,25,26)(H2,33,34,35);(H2,1,2,3,4)/t11-,14-,15-,16+,20-;/m1./s1. The highest BCUT2D eigenvalue weighted by Crippen LogP contribution is 2.61. The van der Waals surface area contributed by atoms with Crippen LogP contribution in [0.1, 0.15) is 26.5 Å². The lowest BCUT2D eigenvalue weighted by Gasteiger charge is -2.30. The summed E-state index contributed by atoms with van der Waals surface area (Å²) in [6.45, 7) is 0.723. The molecule has 2 amide bonds. The molecule has 0 bridgehead atoms. The number of aliphatic hydroxyl groups excluding tert-OH is 2. The van der Waals surface area contributed by atoms with Gasteiger partial charge in [0.2, 0.25) is 11.8 Å². The highest BCUT2D eigenvalue weighted by atomic mass is 32.3. The second-order valence-electron chi connectivity index (χ2n) is 11.2. The lowest BCUT2D eigenvalue weighted by atomic mass is 9.87. The summed E-state index contributed by atoms with van der Waals surface area (Å²) < 4.78 is 93.3. The van der Waals surface area contributed by atoms with Crippen LogP contribution in [0.25, 0.3) is 11.2 Å². The molecule has 1 saturated heterocycles. The number of phosphoric acid groups is 3. The molecule has 1 aliphatic heterocycles. The molecule has 27 nitrogen and oxygen atoms in total. The number of carbonyl (C=O) groups excluding carboxylic acids is 2. The summed E-state index contributed by atoms with van der Waals surface area (Å²) in [7, 11) is -21.0. The second-order valence-corrected chi connectivity index (χ2v) is 16.8. The predicted molar refractivity (Wildman–Crippen MR) is 178 cm³/mol. The van der Waals surface area contributed by atoms with Crippen molar-refractivity contribution in [3.05, 3.63) is 12.7 Å². The molecule has 3 heterocycles. The van der Waals surface area contributed by atoms with Crippen LogP contribution in [0.5, 0.6) is 0 Å². The molecule has 53 heavy (non-hydrogen) atoms. The van der Waals surface area contributed by atoms with E-state index in [1.165, 1.54) is 13.8 Å².